The molecule has 1 heterocycles. The summed E-state index contributed by atoms with van der Waals surface area (Å²) in [5.74, 6) is -2.71. The van der Waals surface area contributed by atoms with E-state index in [1.54, 1.807) is 6.92 Å². The van der Waals surface area contributed by atoms with E-state index in [9.17, 15) is 18.7 Å². The highest BCUT2D eigenvalue weighted by molar-refractivity contribution is 6.33. The molecule has 1 saturated heterocycles. The summed E-state index contributed by atoms with van der Waals surface area (Å²) in [4.78, 5) is 13.4. The van der Waals surface area contributed by atoms with Crippen LogP contribution >= 0.6 is 11.6 Å². The van der Waals surface area contributed by atoms with Crippen molar-refractivity contribution in [1.29, 1.82) is 0 Å². The maximum Gasteiger partial charge on any atom is 0.255 e. The Morgan fingerprint density at radius 2 is 2.06 bits per heavy atom. The molecule has 0 aliphatic carbocycles. The summed E-state index contributed by atoms with van der Waals surface area (Å²) in [6.07, 6.45) is 0.444. The van der Waals surface area contributed by atoms with Crippen LogP contribution in [0.3, 0.4) is 0 Å². The minimum Gasteiger partial charge on any atom is -0.388 e. The van der Waals surface area contributed by atoms with Gasteiger partial charge in [0.2, 0.25) is 0 Å². The van der Waals surface area contributed by atoms with Crippen LogP contribution in [-0.4, -0.2) is 34.6 Å². The van der Waals surface area contributed by atoms with E-state index >= 15 is 0 Å². The van der Waals surface area contributed by atoms with Gasteiger partial charge in [-0.2, -0.15) is 0 Å². The Kier molecular flexibility index (Phi) is 3.29. The summed E-state index contributed by atoms with van der Waals surface area (Å²) < 4.78 is 26.0. The second kappa shape index (κ2) is 4.48. The predicted octanol–water partition coefficient (Wildman–Crippen LogP) is 2.22. The van der Waals surface area contributed by atoms with E-state index in [4.69, 9.17) is 11.6 Å². The zero-order valence-electron chi connectivity index (χ0n) is 9.71. The van der Waals surface area contributed by atoms with Gasteiger partial charge in [0.1, 0.15) is 0 Å². The van der Waals surface area contributed by atoms with Crippen molar-refractivity contribution in [3.05, 3.63) is 34.4 Å². The lowest BCUT2D eigenvalue weighted by Gasteiger charge is -2.19. The molecule has 3 nitrogen and oxygen atoms in total. The number of hydrogen-bond donors (Lipinski definition) is 1. The van der Waals surface area contributed by atoms with E-state index in [-0.39, 0.29) is 17.1 Å². The molecule has 6 heteroatoms. The SMILES string of the molecule is CC1(O)CCN(C(=O)c2cc(F)c(F)cc2Cl)C1. The molecular weight excluding hydrogens is 264 g/mol. The average Bonchev–Trinajstić information content (AvgIpc) is 2.63. The molecule has 0 spiro atoms. The lowest BCUT2D eigenvalue weighted by atomic mass is 10.1. The standard InChI is InChI=1S/C12H12ClF2NO2/c1-12(18)2-3-16(6-12)11(17)7-4-9(14)10(15)5-8(7)13/h4-5,18H,2-3,6H2,1H3. The number of carbonyl (C=O) groups is 1. The van der Waals surface area contributed by atoms with Crippen LogP contribution in [0.1, 0.15) is 23.7 Å². The number of likely N-dealkylation sites (tertiary alicyclic amines) is 1. The molecule has 1 atom stereocenters. The Labute approximate surface area is 108 Å². The van der Waals surface area contributed by atoms with Crippen LogP contribution in [0.25, 0.3) is 0 Å². The number of β-amino-alcohol motifs (C(OH)–C–C–N with tert-alkyl or cyclic N) is 1. The van der Waals surface area contributed by atoms with Gasteiger partial charge in [-0.1, -0.05) is 11.6 Å². The first kappa shape index (κ1) is 13.2. The van der Waals surface area contributed by atoms with Crippen LogP contribution in [0.4, 0.5) is 8.78 Å². The van der Waals surface area contributed by atoms with Gasteiger partial charge in [-0.05, 0) is 25.5 Å². The number of nitrogens with zero attached hydrogens (tertiary/aromatic N) is 1. The maximum absolute atomic E-state index is 13.1. The number of benzene rings is 1. The third kappa shape index (κ3) is 2.47. The first-order valence-corrected chi connectivity index (χ1v) is 5.84. The summed E-state index contributed by atoms with van der Waals surface area (Å²) in [6, 6.07) is 1.56. The number of amides is 1. The molecule has 1 aliphatic heterocycles. The summed E-state index contributed by atoms with van der Waals surface area (Å²) >= 11 is 5.73. The number of carbonyl (C=O) groups excluding carboxylic acids is 1. The first-order chi connectivity index (χ1) is 8.30. The number of aliphatic hydroxyl groups is 1. The average molecular weight is 276 g/mol. The molecule has 1 fully saturated rings. The minimum atomic E-state index is -1.12. The van der Waals surface area contributed by atoms with Gasteiger partial charge in [0.15, 0.2) is 11.6 Å². The lowest BCUT2D eigenvalue weighted by molar-refractivity contribution is 0.0572. The van der Waals surface area contributed by atoms with E-state index in [0.717, 1.165) is 12.1 Å². The van der Waals surface area contributed by atoms with E-state index in [1.165, 1.54) is 4.90 Å². The second-order valence-corrected chi connectivity index (χ2v) is 5.13. The van der Waals surface area contributed by atoms with E-state index in [1.807, 2.05) is 0 Å². The van der Waals surface area contributed by atoms with Crippen LogP contribution in [0.5, 0.6) is 0 Å². The second-order valence-electron chi connectivity index (χ2n) is 4.72. The van der Waals surface area contributed by atoms with Gasteiger partial charge in [0.05, 0.1) is 16.2 Å². The molecule has 1 aromatic carbocycles. The van der Waals surface area contributed by atoms with Gasteiger partial charge >= 0.3 is 0 Å². The Bertz CT molecular complexity index is 505. The molecule has 1 aliphatic rings. The fourth-order valence-corrected chi connectivity index (χ4v) is 2.21. The summed E-state index contributed by atoms with van der Waals surface area (Å²) in [5, 5.41) is 9.63. The van der Waals surface area contributed by atoms with Gasteiger partial charge < -0.3 is 10.0 Å². The predicted molar refractivity (Wildman–Crippen MR) is 62.5 cm³/mol. The lowest BCUT2D eigenvalue weighted by Crippen LogP contribution is -2.34. The molecule has 18 heavy (non-hydrogen) atoms. The van der Waals surface area contributed by atoms with Crippen LogP contribution in [0.15, 0.2) is 12.1 Å². The smallest absolute Gasteiger partial charge is 0.255 e. The third-order valence-electron chi connectivity index (χ3n) is 2.98. The van der Waals surface area contributed by atoms with Gasteiger partial charge in [-0.25, -0.2) is 8.78 Å². The summed E-state index contributed by atoms with van der Waals surface area (Å²) in [5.41, 5.74) is -1.03. The monoisotopic (exact) mass is 275 g/mol. The molecule has 1 N–H and O–H groups in total. The van der Waals surface area contributed by atoms with Crippen molar-refractivity contribution >= 4 is 17.5 Å². The molecule has 0 bridgehead atoms. The van der Waals surface area contributed by atoms with Crippen molar-refractivity contribution in [2.24, 2.45) is 0 Å². The fourth-order valence-electron chi connectivity index (χ4n) is 1.98. The maximum atomic E-state index is 13.1. The molecule has 1 unspecified atom stereocenters. The molecule has 1 aromatic rings. The molecule has 1 amide bonds. The van der Waals surface area contributed by atoms with Crippen molar-refractivity contribution in [2.75, 3.05) is 13.1 Å². The number of halogens is 3. The number of hydrogen-bond acceptors (Lipinski definition) is 2. The Morgan fingerprint density at radius 3 is 2.61 bits per heavy atom. The highest BCUT2D eigenvalue weighted by atomic mass is 35.5. The molecule has 0 radical (unpaired) electrons. The topological polar surface area (TPSA) is 40.5 Å². The fraction of sp³-hybridized carbons (Fsp3) is 0.417. The highest BCUT2D eigenvalue weighted by Gasteiger charge is 2.35. The third-order valence-corrected chi connectivity index (χ3v) is 3.29. The molecule has 98 valence electrons. The molecule has 2 rings (SSSR count). The van der Waals surface area contributed by atoms with E-state index < -0.39 is 23.1 Å². The van der Waals surface area contributed by atoms with Crippen molar-refractivity contribution in [2.45, 2.75) is 18.9 Å². The van der Waals surface area contributed by atoms with Gasteiger partial charge in [-0.15, -0.1) is 0 Å². The molecule has 0 aromatic heterocycles. The van der Waals surface area contributed by atoms with Crippen LogP contribution in [0.2, 0.25) is 5.02 Å². The normalized spacial score (nSPS) is 23.5. The highest BCUT2D eigenvalue weighted by Crippen LogP contribution is 2.26. The largest absolute Gasteiger partial charge is 0.388 e. The molecular formula is C12H12ClF2NO2. The zero-order valence-corrected chi connectivity index (χ0v) is 10.5. The minimum absolute atomic E-state index is 0.0896. The molecule has 0 saturated carbocycles. The first-order valence-electron chi connectivity index (χ1n) is 5.46. The van der Waals surface area contributed by atoms with Crippen molar-refractivity contribution < 1.29 is 18.7 Å². The van der Waals surface area contributed by atoms with E-state index in [0.29, 0.717) is 13.0 Å². The Hall–Kier alpha value is -1.20. The Balaban J connectivity index is 2.27. The van der Waals surface area contributed by atoms with Crippen molar-refractivity contribution in [3.8, 4) is 0 Å². The van der Waals surface area contributed by atoms with Crippen molar-refractivity contribution in [1.82, 2.24) is 4.90 Å². The van der Waals surface area contributed by atoms with Gasteiger partial charge in [0.25, 0.3) is 5.91 Å². The van der Waals surface area contributed by atoms with Gasteiger partial charge in [0, 0.05) is 13.1 Å². The zero-order chi connectivity index (χ0) is 13.5. The Morgan fingerprint density at radius 1 is 1.44 bits per heavy atom. The van der Waals surface area contributed by atoms with E-state index in [2.05, 4.69) is 0 Å². The van der Waals surface area contributed by atoms with Crippen LogP contribution in [-0.2, 0) is 0 Å². The number of rotatable bonds is 1. The van der Waals surface area contributed by atoms with Crippen molar-refractivity contribution in [3.63, 3.8) is 0 Å². The quantitative estimate of drug-likeness (QED) is 0.799. The van der Waals surface area contributed by atoms with Gasteiger partial charge in [-0.3, -0.25) is 4.79 Å². The summed E-state index contributed by atoms with van der Waals surface area (Å²) in [6.45, 7) is 2.13. The van der Waals surface area contributed by atoms with Crippen LogP contribution < -0.4 is 0 Å². The summed E-state index contributed by atoms with van der Waals surface area (Å²) in [7, 11) is 0. The van der Waals surface area contributed by atoms with Crippen LogP contribution in [0, 0.1) is 11.6 Å².